The van der Waals surface area contributed by atoms with E-state index >= 15 is 0 Å². The maximum absolute atomic E-state index is 13.3. The van der Waals surface area contributed by atoms with Crippen molar-refractivity contribution in [3.8, 4) is 0 Å². The highest BCUT2D eigenvalue weighted by atomic mass is 35.5. The van der Waals surface area contributed by atoms with Crippen molar-refractivity contribution in [3.63, 3.8) is 0 Å². The van der Waals surface area contributed by atoms with Gasteiger partial charge in [0.25, 0.3) is 0 Å². The Bertz CT molecular complexity index is 1020. The SMILES string of the molecule is O=C(Nc1cc(Cl)cc(Cl)c1)[C@@H](c1ccccc1)N1CCN(c2ccc(Cl)nn2)CC1. The number of aromatic nitrogens is 2. The van der Waals surface area contributed by atoms with Gasteiger partial charge >= 0.3 is 0 Å². The van der Waals surface area contributed by atoms with E-state index in [2.05, 4.69) is 25.3 Å². The third-order valence-electron chi connectivity index (χ3n) is 5.12. The number of anilines is 2. The highest BCUT2D eigenvalue weighted by molar-refractivity contribution is 6.35. The average molecular weight is 477 g/mol. The molecule has 160 valence electrons. The molecule has 2 aromatic carbocycles. The molecule has 1 aromatic heterocycles. The second-order valence-electron chi connectivity index (χ2n) is 7.20. The molecule has 0 unspecified atom stereocenters. The molecule has 4 rings (SSSR count). The van der Waals surface area contributed by atoms with Gasteiger partial charge in [0.05, 0.1) is 0 Å². The van der Waals surface area contributed by atoms with Crippen LogP contribution in [0.3, 0.4) is 0 Å². The summed E-state index contributed by atoms with van der Waals surface area (Å²) in [6, 6.07) is 17.9. The predicted molar refractivity (Wildman–Crippen MR) is 125 cm³/mol. The van der Waals surface area contributed by atoms with E-state index in [0.717, 1.165) is 24.5 Å². The highest BCUT2D eigenvalue weighted by Crippen LogP contribution is 2.27. The molecule has 1 amide bonds. The fourth-order valence-electron chi connectivity index (χ4n) is 3.69. The largest absolute Gasteiger partial charge is 0.353 e. The van der Waals surface area contributed by atoms with Crippen LogP contribution >= 0.6 is 34.8 Å². The molecule has 1 N–H and O–H groups in total. The molecule has 1 atom stereocenters. The molecule has 2 heterocycles. The maximum Gasteiger partial charge on any atom is 0.246 e. The van der Waals surface area contributed by atoms with Crippen molar-refractivity contribution >= 4 is 52.2 Å². The van der Waals surface area contributed by atoms with Gasteiger partial charge in [-0.1, -0.05) is 65.1 Å². The first kappa shape index (κ1) is 21.8. The molecular weight excluding hydrogens is 457 g/mol. The molecule has 1 aliphatic rings. The van der Waals surface area contributed by atoms with Crippen molar-refractivity contribution in [2.24, 2.45) is 0 Å². The second-order valence-corrected chi connectivity index (χ2v) is 8.46. The smallest absolute Gasteiger partial charge is 0.246 e. The molecule has 0 saturated carbocycles. The first-order valence-electron chi connectivity index (χ1n) is 9.80. The summed E-state index contributed by atoms with van der Waals surface area (Å²) in [5, 5.41) is 12.4. The molecule has 1 fully saturated rings. The number of rotatable bonds is 5. The van der Waals surface area contributed by atoms with Crippen LogP contribution in [0.2, 0.25) is 15.2 Å². The minimum Gasteiger partial charge on any atom is -0.353 e. The van der Waals surface area contributed by atoms with Crippen molar-refractivity contribution in [1.82, 2.24) is 15.1 Å². The molecule has 0 radical (unpaired) electrons. The van der Waals surface area contributed by atoms with Gasteiger partial charge < -0.3 is 10.2 Å². The fraction of sp³-hybridized carbons (Fsp3) is 0.227. The van der Waals surface area contributed by atoms with Gasteiger partial charge in [0.1, 0.15) is 6.04 Å². The van der Waals surface area contributed by atoms with Crippen molar-refractivity contribution in [1.29, 1.82) is 0 Å². The van der Waals surface area contributed by atoms with Crippen LogP contribution in [0.1, 0.15) is 11.6 Å². The van der Waals surface area contributed by atoms with Crippen molar-refractivity contribution in [2.75, 3.05) is 36.4 Å². The molecule has 6 nitrogen and oxygen atoms in total. The van der Waals surface area contributed by atoms with E-state index in [4.69, 9.17) is 34.8 Å². The van der Waals surface area contributed by atoms with E-state index in [1.54, 1.807) is 24.3 Å². The van der Waals surface area contributed by atoms with Crippen LogP contribution in [0, 0.1) is 0 Å². The van der Waals surface area contributed by atoms with Crippen LogP contribution in [-0.2, 0) is 4.79 Å². The highest BCUT2D eigenvalue weighted by Gasteiger charge is 2.31. The lowest BCUT2D eigenvalue weighted by atomic mass is 10.0. The molecule has 0 spiro atoms. The van der Waals surface area contributed by atoms with Crippen molar-refractivity contribution in [3.05, 3.63) is 81.4 Å². The van der Waals surface area contributed by atoms with Crippen molar-refractivity contribution < 1.29 is 4.79 Å². The minimum atomic E-state index is -0.447. The van der Waals surface area contributed by atoms with E-state index < -0.39 is 6.04 Å². The van der Waals surface area contributed by atoms with Gasteiger partial charge in [-0.2, -0.15) is 0 Å². The van der Waals surface area contributed by atoms with E-state index in [-0.39, 0.29) is 5.91 Å². The van der Waals surface area contributed by atoms with Crippen LogP contribution in [-0.4, -0.2) is 47.2 Å². The Morgan fingerprint density at radius 1 is 0.871 bits per heavy atom. The molecule has 3 aromatic rings. The zero-order valence-electron chi connectivity index (χ0n) is 16.5. The van der Waals surface area contributed by atoms with Gasteiger partial charge in [-0.05, 0) is 35.9 Å². The van der Waals surface area contributed by atoms with Gasteiger partial charge in [0.15, 0.2) is 11.0 Å². The zero-order valence-corrected chi connectivity index (χ0v) is 18.8. The Labute approximate surface area is 195 Å². The van der Waals surface area contributed by atoms with Gasteiger partial charge in [-0.15, -0.1) is 10.2 Å². The van der Waals surface area contributed by atoms with E-state index in [0.29, 0.717) is 34.0 Å². The van der Waals surface area contributed by atoms with Gasteiger partial charge in [-0.3, -0.25) is 9.69 Å². The summed E-state index contributed by atoms with van der Waals surface area (Å²) in [4.78, 5) is 17.6. The summed E-state index contributed by atoms with van der Waals surface area (Å²) >= 11 is 18.0. The van der Waals surface area contributed by atoms with Gasteiger partial charge in [0.2, 0.25) is 5.91 Å². The first-order chi connectivity index (χ1) is 15.0. The number of piperazine rings is 1. The van der Waals surface area contributed by atoms with Crippen LogP contribution in [0.4, 0.5) is 11.5 Å². The number of benzene rings is 2. The summed E-state index contributed by atoms with van der Waals surface area (Å²) in [5.41, 5.74) is 1.49. The minimum absolute atomic E-state index is 0.135. The fourth-order valence-corrected chi connectivity index (χ4v) is 4.31. The molecule has 9 heteroatoms. The Morgan fingerprint density at radius 2 is 1.55 bits per heavy atom. The number of hydrogen-bond acceptors (Lipinski definition) is 5. The Morgan fingerprint density at radius 3 is 2.16 bits per heavy atom. The summed E-state index contributed by atoms with van der Waals surface area (Å²) < 4.78 is 0. The number of carbonyl (C=O) groups excluding carboxylic acids is 1. The molecular formula is C22H20Cl3N5O. The molecule has 31 heavy (non-hydrogen) atoms. The van der Waals surface area contributed by atoms with Crippen LogP contribution in [0.25, 0.3) is 0 Å². The molecule has 1 aliphatic heterocycles. The summed E-state index contributed by atoms with van der Waals surface area (Å²) in [5.74, 6) is 0.641. The Hall–Kier alpha value is -2.38. The number of nitrogens with one attached hydrogen (secondary N) is 1. The number of carbonyl (C=O) groups is 1. The summed E-state index contributed by atoms with van der Waals surface area (Å²) in [6.45, 7) is 2.81. The number of hydrogen-bond donors (Lipinski definition) is 1. The third-order valence-corrected chi connectivity index (χ3v) is 5.75. The average Bonchev–Trinajstić information content (AvgIpc) is 2.75. The molecule has 1 saturated heterocycles. The zero-order chi connectivity index (χ0) is 21.8. The lowest BCUT2D eigenvalue weighted by molar-refractivity contribution is -0.121. The first-order valence-corrected chi connectivity index (χ1v) is 10.9. The van der Waals surface area contributed by atoms with Gasteiger partial charge in [0, 0.05) is 41.9 Å². The normalized spacial score (nSPS) is 15.5. The lowest BCUT2D eigenvalue weighted by Gasteiger charge is -2.39. The number of amides is 1. The quantitative estimate of drug-likeness (QED) is 0.565. The third kappa shape index (κ3) is 5.46. The topological polar surface area (TPSA) is 61.4 Å². The summed E-state index contributed by atoms with van der Waals surface area (Å²) in [7, 11) is 0. The number of nitrogens with zero attached hydrogens (tertiary/aromatic N) is 4. The van der Waals surface area contributed by atoms with Crippen LogP contribution in [0.5, 0.6) is 0 Å². The monoisotopic (exact) mass is 475 g/mol. The van der Waals surface area contributed by atoms with E-state index in [9.17, 15) is 4.79 Å². The molecule has 0 bridgehead atoms. The van der Waals surface area contributed by atoms with Gasteiger partial charge in [-0.25, -0.2) is 0 Å². The van der Waals surface area contributed by atoms with Crippen molar-refractivity contribution in [2.45, 2.75) is 6.04 Å². The molecule has 0 aliphatic carbocycles. The lowest BCUT2D eigenvalue weighted by Crippen LogP contribution is -2.50. The summed E-state index contributed by atoms with van der Waals surface area (Å²) in [6.07, 6.45) is 0. The van der Waals surface area contributed by atoms with Crippen LogP contribution < -0.4 is 10.2 Å². The Kier molecular flexibility index (Phi) is 6.92. The number of halogens is 3. The second kappa shape index (κ2) is 9.83. The maximum atomic E-state index is 13.3. The predicted octanol–water partition coefficient (Wildman–Crippen LogP) is 4.94. The van der Waals surface area contributed by atoms with E-state index in [1.165, 1.54) is 0 Å². The Balaban J connectivity index is 1.52. The van der Waals surface area contributed by atoms with Crippen LogP contribution in [0.15, 0.2) is 60.7 Å². The standard InChI is InChI=1S/C22H20Cl3N5O/c23-16-12-17(24)14-18(13-16)26-22(31)21(15-4-2-1-3-5-15)30-10-8-29(9-11-30)20-7-6-19(25)27-28-20/h1-7,12-14,21H,8-11H2,(H,26,31)/t21-/m1/s1. The van der Waals surface area contributed by atoms with E-state index in [1.807, 2.05) is 36.4 Å².